The normalized spacial score (nSPS) is 11.5. The Morgan fingerprint density at radius 2 is 1.89 bits per heavy atom. The van der Waals surface area contributed by atoms with Crippen LogP contribution in [0, 0.1) is 6.92 Å². The second kappa shape index (κ2) is 6.10. The maximum Gasteiger partial charge on any atom is 0.331 e. The van der Waals surface area contributed by atoms with Gasteiger partial charge in [0.1, 0.15) is 0 Å². The van der Waals surface area contributed by atoms with Gasteiger partial charge in [-0.25, -0.2) is 14.6 Å². The average molecular weight is 283 g/mol. The second-order valence-corrected chi connectivity index (χ2v) is 4.62. The fourth-order valence-electron chi connectivity index (χ4n) is 1.07. The molecular weight excluding hydrogens is 270 g/mol. The van der Waals surface area contributed by atoms with Crippen LogP contribution in [0.15, 0.2) is 16.5 Å². The van der Waals surface area contributed by atoms with Crippen molar-refractivity contribution in [2.75, 3.05) is 5.32 Å². The molecule has 1 rings (SSSR count). The van der Waals surface area contributed by atoms with E-state index >= 15 is 0 Å². The number of aliphatic carboxylic acids is 1. The molecule has 0 fully saturated rings. The summed E-state index contributed by atoms with van der Waals surface area (Å²) in [5.41, 5.74) is 0.609. The molecule has 102 valence electrons. The number of nitrogens with one attached hydrogen (secondary N) is 2. The minimum absolute atomic E-state index is 0.0297. The van der Waals surface area contributed by atoms with E-state index < -0.39 is 17.9 Å². The molecule has 0 saturated heterocycles. The monoisotopic (exact) mass is 283 g/mol. The van der Waals surface area contributed by atoms with E-state index in [0.717, 1.165) is 5.69 Å². The van der Waals surface area contributed by atoms with E-state index in [2.05, 4.69) is 10.3 Å². The van der Waals surface area contributed by atoms with Gasteiger partial charge in [0.05, 0.1) is 5.69 Å². The van der Waals surface area contributed by atoms with Crippen LogP contribution in [-0.2, 0) is 9.59 Å². The van der Waals surface area contributed by atoms with Gasteiger partial charge in [-0.15, -0.1) is 11.3 Å². The SMILES string of the molecule is CC(C(=O)O)=C(C)C(=O)NC(=O)Nc1nc(C)cs1. The third-order valence-electron chi connectivity index (χ3n) is 2.29. The van der Waals surface area contributed by atoms with E-state index in [1.54, 1.807) is 12.3 Å². The number of thiazole rings is 1. The Hall–Kier alpha value is -2.22. The zero-order chi connectivity index (χ0) is 14.6. The zero-order valence-electron chi connectivity index (χ0n) is 10.6. The summed E-state index contributed by atoms with van der Waals surface area (Å²) in [6.07, 6.45) is 0. The third kappa shape index (κ3) is 4.18. The van der Waals surface area contributed by atoms with Gasteiger partial charge in [0.2, 0.25) is 0 Å². The molecule has 7 nitrogen and oxygen atoms in total. The molecule has 1 aromatic rings. The molecule has 3 N–H and O–H groups in total. The molecular formula is C11H13N3O4S. The molecule has 0 aliphatic heterocycles. The first-order valence-corrected chi connectivity index (χ1v) is 6.14. The molecule has 19 heavy (non-hydrogen) atoms. The Kier molecular flexibility index (Phi) is 4.76. The Morgan fingerprint density at radius 3 is 2.37 bits per heavy atom. The molecule has 1 aromatic heterocycles. The Balaban J connectivity index is 2.65. The highest BCUT2D eigenvalue weighted by atomic mass is 32.1. The van der Waals surface area contributed by atoms with Gasteiger partial charge in [-0.3, -0.25) is 15.4 Å². The number of hydrogen-bond donors (Lipinski definition) is 3. The van der Waals surface area contributed by atoms with Gasteiger partial charge in [-0.2, -0.15) is 0 Å². The number of imide groups is 1. The predicted molar refractivity (Wildman–Crippen MR) is 70.0 cm³/mol. The van der Waals surface area contributed by atoms with Gasteiger partial charge in [0.15, 0.2) is 5.13 Å². The van der Waals surface area contributed by atoms with Crippen molar-refractivity contribution in [3.05, 3.63) is 22.2 Å². The Morgan fingerprint density at radius 1 is 1.26 bits per heavy atom. The quantitative estimate of drug-likeness (QED) is 0.729. The van der Waals surface area contributed by atoms with Crippen molar-refractivity contribution < 1.29 is 19.5 Å². The van der Waals surface area contributed by atoms with Crippen LogP contribution >= 0.6 is 11.3 Å². The number of carbonyl (C=O) groups excluding carboxylic acids is 2. The number of nitrogens with zero attached hydrogens (tertiary/aromatic N) is 1. The summed E-state index contributed by atoms with van der Waals surface area (Å²) < 4.78 is 0. The summed E-state index contributed by atoms with van der Waals surface area (Å²) in [6.45, 7) is 4.40. The lowest BCUT2D eigenvalue weighted by atomic mass is 10.1. The van der Waals surface area contributed by atoms with Crippen LogP contribution in [0.1, 0.15) is 19.5 Å². The fraction of sp³-hybridized carbons (Fsp3) is 0.273. The topological polar surface area (TPSA) is 108 Å². The molecule has 0 saturated carbocycles. The lowest BCUT2D eigenvalue weighted by molar-refractivity contribution is -0.133. The largest absolute Gasteiger partial charge is 0.478 e. The first kappa shape index (κ1) is 14.8. The summed E-state index contributed by atoms with van der Waals surface area (Å²) in [4.78, 5) is 37.7. The Labute approximate surface area is 113 Å². The first-order valence-electron chi connectivity index (χ1n) is 5.26. The van der Waals surface area contributed by atoms with Crippen LogP contribution < -0.4 is 10.6 Å². The van der Waals surface area contributed by atoms with Crippen LogP contribution in [0.2, 0.25) is 0 Å². The summed E-state index contributed by atoms with van der Waals surface area (Å²) in [7, 11) is 0. The van der Waals surface area contributed by atoms with Gasteiger partial charge in [-0.05, 0) is 20.8 Å². The lowest BCUT2D eigenvalue weighted by Crippen LogP contribution is -2.35. The van der Waals surface area contributed by atoms with E-state index in [9.17, 15) is 14.4 Å². The smallest absolute Gasteiger partial charge is 0.331 e. The molecule has 0 unspecified atom stereocenters. The number of urea groups is 1. The summed E-state index contributed by atoms with van der Waals surface area (Å²) in [5.74, 6) is -1.96. The van der Waals surface area contributed by atoms with E-state index in [0.29, 0.717) is 5.13 Å². The molecule has 0 aliphatic rings. The van der Waals surface area contributed by atoms with E-state index in [-0.39, 0.29) is 11.1 Å². The number of aryl methyl sites for hydroxylation is 1. The fourth-order valence-corrected chi connectivity index (χ4v) is 1.75. The van der Waals surface area contributed by atoms with Gasteiger partial charge in [0, 0.05) is 16.5 Å². The van der Waals surface area contributed by atoms with Gasteiger partial charge in [0.25, 0.3) is 5.91 Å². The number of aromatic nitrogens is 1. The molecule has 1 heterocycles. The van der Waals surface area contributed by atoms with E-state index in [1.807, 2.05) is 5.32 Å². The predicted octanol–water partition coefficient (Wildman–Crippen LogP) is 1.52. The van der Waals surface area contributed by atoms with Crippen LogP contribution in [0.4, 0.5) is 9.93 Å². The van der Waals surface area contributed by atoms with Crippen LogP contribution in [0.5, 0.6) is 0 Å². The third-order valence-corrected chi connectivity index (χ3v) is 3.17. The number of amides is 3. The van der Waals surface area contributed by atoms with Crippen molar-refractivity contribution in [3.63, 3.8) is 0 Å². The maximum absolute atomic E-state index is 11.6. The van der Waals surface area contributed by atoms with Crippen LogP contribution in [0.25, 0.3) is 0 Å². The van der Waals surface area contributed by atoms with Gasteiger partial charge in [-0.1, -0.05) is 0 Å². The average Bonchev–Trinajstić information content (AvgIpc) is 2.72. The molecule has 0 aliphatic carbocycles. The molecule has 0 bridgehead atoms. The highest BCUT2D eigenvalue weighted by Gasteiger charge is 2.15. The number of hydrogen-bond acceptors (Lipinski definition) is 5. The van der Waals surface area contributed by atoms with Gasteiger partial charge >= 0.3 is 12.0 Å². The second-order valence-electron chi connectivity index (χ2n) is 3.76. The number of carboxylic acids is 1. The number of carboxylic acid groups (broad SMARTS) is 1. The van der Waals surface area contributed by atoms with E-state index in [1.165, 1.54) is 25.2 Å². The molecule has 0 spiro atoms. The lowest BCUT2D eigenvalue weighted by Gasteiger charge is -2.05. The molecule has 3 amide bonds. The molecule has 8 heteroatoms. The standard InChI is InChI=1S/C11H13N3O4S/c1-5-4-19-11(12-5)14-10(18)13-8(15)6(2)7(3)9(16)17/h4H,1-3H3,(H,16,17)(H2,12,13,14,15,18). The van der Waals surface area contributed by atoms with Crippen LogP contribution in [0.3, 0.4) is 0 Å². The number of rotatable bonds is 3. The summed E-state index contributed by atoms with van der Waals surface area (Å²) >= 11 is 1.22. The summed E-state index contributed by atoms with van der Waals surface area (Å²) in [6, 6.07) is -0.753. The van der Waals surface area contributed by atoms with E-state index in [4.69, 9.17) is 5.11 Å². The highest BCUT2D eigenvalue weighted by molar-refractivity contribution is 7.13. The molecule has 0 aromatic carbocycles. The zero-order valence-corrected chi connectivity index (χ0v) is 11.4. The highest BCUT2D eigenvalue weighted by Crippen LogP contribution is 2.14. The number of anilines is 1. The van der Waals surface area contributed by atoms with Crippen molar-refractivity contribution >= 4 is 34.4 Å². The first-order chi connectivity index (χ1) is 8.81. The molecule has 0 atom stereocenters. The maximum atomic E-state index is 11.6. The van der Waals surface area contributed by atoms with Crippen LogP contribution in [-0.4, -0.2) is 28.0 Å². The van der Waals surface area contributed by atoms with Crippen molar-refractivity contribution in [3.8, 4) is 0 Å². The summed E-state index contributed by atoms with van der Waals surface area (Å²) in [5, 5.41) is 15.2. The van der Waals surface area contributed by atoms with Crippen molar-refractivity contribution in [1.29, 1.82) is 0 Å². The number of carbonyl (C=O) groups is 3. The Bertz CT molecular complexity index is 562. The van der Waals surface area contributed by atoms with Crippen molar-refractivity contribution in [2.45, 2.75) is 20.8 Å². The minimum atomic E-state index is -1.20. The van der Waals surface area contributed by atoms with Crippen molar-refractivity contribution in [2.24, 2.45) is 0 Å². The minimum Gasteiger partial charge on any atom is -0.478 e. The molecule has 0 radical (unpaired) electrons. The van der Waals surface area contributed by atoms with Crippen molar-refractivity contribution in [1.82, 2.24) is 10.3 Å². The van der Waals surface area contributed by atoms with Gasteiger partial charge < -0.3 is 5.11 Å².